The molecule has 0 aliphatic carbocycles. The van der Waals surface area contributed by atoms with Gasteiger partial charge in [-0.2, -0.15) is 0 Å². The van der Waals surface area contributed by atoms with Crippen LogP contribution >= 0.6 is 6.72 Å². The number of rotatable bonds is 5. The van der Waals surface area contributed by atoms with E-state index in [4.69, 9.17) is 20.1 Å². The Kier molecular flexibility index (Phi) is 5.28. The second-order valence-electron chi connectivity index (χ2n) is 5.19. The van der Waals surface area contributed by atoms with Gasteiger partial charge in [-0.05, 0) is 24.3 Å². The van der Waals surface area contributed by atoms with Crippen LogP contribution in [-0.4, -0.2) is 48.8 Å². The molecule has 1 saturated heterocycles. The predicted molar refractivity (Wildman–Crippen MR) is 83.5 cm³/mol. The van der Waals surface area contributed by atoms with Crippen LogP contribution in [0.25, 0.3) is 10.4 Å². The maximum absolute atomic E-state index is 11.9. The Bertz CT molecular complexity index is 829. The van der Waals surface area contributed by atoms with Gasteiger partial charge in [0.15, 0.2) is 6.23 Å². The Hall–Kier alpha value is -1.56. The second-order valence-corrected chi connectivity index (χ2v) is 7.86. The van der Waals surface area contributed by atoms with Crippen LogP contribution in [0.2, 0.25) is 0 Å². The number of hydrogen-bond donors (Lipinski definition) is 4. The highest BCUT2D eigenvalue weighted by molar-refractivity contribution is 8.06. The summed E-state index contributed by atoms with van der Waals surface area (Å²) < 4.78 is 11.1. The summed E-state index contributed by atoms with van der Waals surface area (Å²) in [6.45, 7) is -3.15. The van der Waals surface area contributed by atoms with Gasteiger partial charge in [0.05, 0.1) is 12.7 Å². The van der Waals surface area contributed by atoms with Crippen molar-refractivity contribution in [2.75, 3.05) is 6.61 Å². The van der Waals surface area contributed by atoms with Gasteiger partial charge in [0.2, 0.25) is 0 Å². The number of aliphatic hydroxyl groups is 1. The number of azide groups is 1. The van der Waals surface area contributed by atoms with Crippen molar-refractivity contribution in [3.8, 4) is 0 Å². The number of H-pyrrole nitrogens is 1. The minimum atomic E-state index is -3.99. The highest BCUT2D eigenvalue weighted by Crippen LogP contribution is 2.43. The first-order valence-corrected chi connectivity index (χ1v) is 9.12. The fourth-order valence-electron chi connectivity index (χ4n) is 2.37. The third-order valence-corrected chi connectivity index (χ3v) is 4.33. The Morgan fingerprint density at radius 2 is 2.29 bits per heavy atom. The lowest BCUT2D eigenvalue weighted by Crippen LogP contribution is -2.45. The van der Waals surface area contributed by atoms with Crippen LogP contribution in [0.1, 0.15) is 13.2 Å². The van der Waals surface area contributed by atoms with E-state index >= 15 is 0 Å². The molecule has 14 heteroatoms. The normalized spacial score (nSPS) is 30.1. The van der Waals surface area contributed by atoms with Crippen molar-refractivity contribution >= 4 is 18.5 Å². The molecular formula is C10H14N5O7PS. The van der Waals surface area contributed by atoms with Crippen LogP contribution in [0.4, 0.5) is 0 Å². The SMILES string of the molecule is C[C@@]1(N=[N+]=[N-])[C@H](O)[C@@H](COP(O)(O)=S)O[C@H]1n1ccc(=O)[nH]c1=O. The van der Waals surface area contributed by atoms with Crippen molar-refractivity contribution < 1.29 is 24.2 Å². The summed E-state index contributed by atoms with van der Waals surface area (Å²) in [5.74, 6) is 0. The summed E-state index contributed by atoms with van der Waals surface area (Å²) in [6.07, 6.45) is -2.75. The van der Waals surface area contributed by atoms with Crippen LogP contribution in [0.15, 0.2) is 27.0 Å². The molecular weight excluding hydrogens is 365 g/mol. The van der Waals surface area contributed by atoms with Crippen LogP contribution in [0.3, 0.4) is 0 Å². The Morgan fingerprint density at radius 1 is 1.62 bits per heavy atom. The second kappa shape index (κ2) is 6.75. The van der Waals surface area contributed by atoms with E-state index in [1.165, 1.54) is 6.92 Å². The van der Waals surface area contributed by atoms with Crippen molar-refractivity contribution in [1.29, 1.82) is 0 Å². The molecule has 0 spiro atoms. The smallest absolute Gasteiger partial charge is 0.330 e. The molecule has 1 aliphatic heterocycles. The van der Waals surface area contributed by atoms with Crippen molar-refractivity contribution in [2.24, 2.45) is 5.11 Å². The zero-order valence-electron chi connectivity index (χ0n) is 12.2. The quantitative estimate of drug-likeness (QED) is 0.219. The van der Waals surface area contributed by atoms with E-state index in [2.05, 4.69) is 26.4 Å². The van der Waals surface area contributed by atoms with E-state index in [9.17, 15) is 14.7 Å². The lowest BCUT2D eigenvalue weighted by atomic mass is 9.93. The van der Waals surface area contributed by atoms with Gasteiger partial charge in [0.1, 0.15) is 11.6 Å². The first-order valence-electron chi connectivity index (χ1n) is 6.50. The maximum atomic E-state index is 11.9. The first-order chi connectivity index (χ1) is 11.1. The topological polar surface area (TPSA) is 183 Å². The summed E-state index contributed by atoms with van der Waals surface area (Å²) in [5, 5.41) is 13.9. The molecule has 2 heterocycles. The predicted octanol–water partition coefficient (Wildman–Crippen LogP) is -0.910. The van der Waals surface area contributed by atoms with Gasteiger partial charge >= 0.3 is 12.4 Å². The summed E-state index contributed by atoms with van der Waals surface area (Å²) >= 11 is 4.31. The van der Waals surface area contributed by atoms with Crippen LogP contribution < -0.4 is 11.2 Å². The number of nitrogens with zero attached hydrogens (tertiary/aromatic N) is 4. The molecule has 4 atom stereocenters. The molecule has 24 heavy (non-hydrogen) atoms. The van der Waals surface area contributed by atoms with Gasteiger partial charge in [-0.1, -0.05) is 5.11 Å². The van der Waals surface area contributed by atoms with Crippen molar-refractivity contribution in [2.45, 2.75) is 30.9 Å². The number of aromatic nitrogens is 2. The van der Waals surface area contributed by atoms with Gasteiger partial charge < -0.3 is 24.2 Å². The van der Waals surface area contributed by atoms with Crippen molar-refractivity contribution in [1.82, 2.24) is 9.55 Å². The van der Waals surface area contributed by atoms with E-state index < -0.39 is 48.5 Å². The molecule has 12 nitrogen and oxygen atoms in total. The van der Waals surface area contributed by atoms with E-state index in [1.54, 1.807) is 0 Å². The molecule has 4 N–H and O–H groups in total. The molecule has 0 saturated carbocycles. The minimum Gasteiger partial charge on any atom is -0.389 e. The molecule has 0 amide bonds. The third kappa shape index (κ3) is 3.74. The molecule has 0 aromatic carbocycles. The standard InChI is InChI=1S/C10H14N5O7PS/c1-10(13-14-11)7(17)5(4-21-23(19,20)24)22-8(10)15-3-2-6(16)12-9(15)18/h2-3,5,7-8,17H,4H2,1H3,(H,12,16,18)(H2,19,20,24)/t5-,7-,8-,10-/m1/s1. The Balaban J connectivity index is 2.41. The summed E-state index contributed by atoms with van der Waals surface area (Å²) in [6, 6.07) is 1.05. The van der Waals surface area contributed by atoms with E-state index in [1.807, 2.05) is 4.98 Å². The number of aromatic amines is 1. The highest BCUT2D eigenvalue weighted by Gasteiger charge is 2.54. The molecule has 0 unspecified atom stereocenters. The zero-order chi connectivity index (χ0) is 18.1. The molecule has 2 rings (SSSR count). The monoisotopic (exact) mass is 379 g/mol. The van der Waals surface area contributed by atoms with Gasteiger partial charge in [0.25, 0.3) is 5.56 Å². The summed E-state index contributed by atoms with van der Waals surface area (Å²) in [5.41, 5.74) is 5.66. The minimum absolute atomic E-state index is 0.503. The molecule has 1 aromatic heterocycles. The average Bonchev–Trinajstić information content (AvgIpc) is 2.70. The molecule has 1 fully saturated rings. The number of nitrogens with one attached hydrogen (secondary N) is 1. The fraction of sp³-hybridized carbons (Fsp3) is 0.600. The summed E-state index contributed by atoms with van der Waals surface area (Å²) in [7, 11) is 0. The zero-order valence-corrected chi connectivity index (χ0v) is 13.9. The number of ether oxygens (including phenoxy) is 1. The molecule has 1 aromatic rings. The molecule has 132 valence electrons. The lowest BCUT2D eigenvalue weighted by molar-refractivity contribution is -0.0457. The molecule has 0 radical (unpaired) electrons. The lowest BCUT2D eigenvalue weighted by Gasteiger charge is -2.28. The van der Waals surface area contributed by atoms with Crippen LogP contribution in [-0.2, 0) is 21.1 Å². The first kappa shape index (κ1) is 18.8. The maximum Gasteiger partial charge on any atom is 0.330 e. The largest absolute Gasteiger partial charge is 0.389 e. The van der Waals surface area contributed by atoms with E-state index in [-0.39, 0.29) is 0 Å². The molecule has 0 bridgehead atoms. The average molecular weight is 379 g/mol. The van der Waals surface area contributed by atoms with Crippen LogP contribution in [0, 0.1) is 0 Å². The van der Waals surface area contributed by atoms with E-state index in [0.717, 1.165) is 16.8 Å². The van der Waals surface area contributed by atoms with Crippen LogP contribution in [0.5, 0.6) is 0 Å². The van der Waals surface area contributed by atoms with Crippen molar-refractivity contribution in [3.63, 3.8) is 0 Å². The Morgan fingerprint density at radius 3 is 2.83 bits per heavy atom. The Labute approximate surface area is 139 Å². The summed E-state index contributed by atoms with van der Waals surface area (Å²) in [4.78, 5) is 46.0. The van der Waals surface area contributed by atoms with E-state index in [0.29, 0.717) is 0 Å². The van der Waals surface area contributed by atoms with Gasteiger partial charge in [0, 0.05) is 17.2 Å². The van der Waals surface area contributed by atoms with Gasteiger partial charge in [-0.3, -0.25) is 14.3 Å². The molecule has 1 aliphatic rings. The van der Waals surface area contributed by atoms with Crippen molar-refractivity contribution in [3.05, 3.63) is 43.5 Å². The number of hydrogen-bond acceptors (Lipinski definition) is 7. The van der Waals surface area contributed by atoms with Gasteiger partial charge in [-0.15, -0.1) is 0 Å². The van der Waals surface area contributed by atoms with Gasteiger partial charge in [-0.25, -0.2) is 4.79 Å². The third-order valence-electron chi connectivity index (χ3n) is 3.53. The highest BCUT2D eigenvalue weighted by atomic mass is 32.5. The number of aliphatic hydroxyl groups excluding tert-OH is 1. The fourth-order valence-corrected chi connectivity index (χ4v) is 2.89.